The van der Waals surface area contributed by atoms with Gasteiger partial charge in [-0.2, -0.15) is 0 Å². The van der Waals surface area contributed by atoms with Gasteiger partial charge in [-0.25, -0.2) is 18.7 Å². The smallest absolute Gasteiger partial charge is 0.151 e. The monoisotopic (exact) mass is 670 g/mol. The van der Waals surface area contributed by atoms with Gasteiger partial charge in [0, 0.05) is 18.8 Å². The van der Waals surface area contributed by atoms with Crippen LogP contribution in [-0.2, 0) is 13.1 Å². The van der Waals surface area contributed by atoms with Crippen LogP contribution in [0.4, 0.5) is 20.2 Å². The second-order valence-electron chi connectivity index (χ2n) is 14.5. The number of hydrogen-bond donors (Lipinski definition) is 4. The molecule has 0 unspecified atom stereocenters. The maximum Gasteiger partial charge on any atom is 0.151 e. The Balaban J connectivity index is 1.04. The summed E-state index contributed by atoms with van der Waals surface area (Å²) in [5.41, 5.74) is 8.86. The lowest BCUT2D eigenvalue weighted by Crippen LogP contribution is -2.27. The molecular weight excluding hydrogens is 630 g/mol. The molecule has 3 fully saturated rings. The summed E-state index contributed by atoms with van der Waals surface area (Å²) >= 11 is 0. The molecule has 10 rings (SSSR count). The van der Waals surface area contributed by atoms with Crippen molar-refractivity contribution in [1.82, 2.24) is 30.6 Å². The minimum absolute atomic E-state index is 0.0381. The molecule has 2 aromatic heterocycles. The standard InChI is InChI=1S/C40H40F2N8/c41-28-19-27(20-29(42)38(28)49-21-25-5-1-2-6-26(25)22-49)50-36(23-9-11-30-34(17-23)47-39(45-30)32-7-3-15-43-32)13-14-37(50)24-10-12-31-35(18-24)48-40(46-31)33-8-4-16-44-33/h1-2,5-6,9-12,17-20,32-33,36-37,43-44H,3-4,7-8,13-16,21-22H2,(H,45,47)(H,46,48)/t32-,33-,36-,37+/m0/s1. The summed E-state index contributed by atoms with van der Waals surface area (Å²) in [7, 11) is 0. The van der Waals surface area contributed by atoms with Gasteiger partial charge in [0.15, 0.2) is 11.6 Å². The van der Waals surface area contributed by atoms with Crippen LogP contribution in [0.25, 0.3) is 22.1 Å². The topological polar surface area (TPSA) is 87.9 Å². The Morgan fingerprint density at radius 3 is 1.62 bits per heavy atom. The van der Waals surface area contributed by atoms with Crippen molar-refractivity contribution in [3.05, 3.63) is 118 Å². The number of H-pyrrole nitrogens is 2. The molecule has 10 heteroatoms. The summed E-state index contributed by atoms with van der Waals surface area (Å²) in [6.07, 6.45) is 6.11. The van der Waals surface area contributed by atoms with Gasteiger partial charge >= 0.3 is 0 Å². The van der Waals surface area contributed by atoms with Gasteiger partial charge < -0.3 is 30.4 Å². The minimum Gasteiger partial charge on any atom is -0.358 e. The third-order valence-corrected chi connectivity index (χ3v) is 11.4. The normalized spacial score (nSPS) is 23.6. The first-order valence-corrected chi connectivity index (χ1v) is 18.1. The summed E-state index contributed by atoms with van der Waals surface area (Å²) in [5.74, 6) is 0.875. The van der Waals surface area contributed by atoms with Crippen molar-refractivity contribution in [2.75, 3.05) is 22.9 Å². The lowest BCUT2D eigenvalue weighted by molar-refractivity contribution is 0.568. The molecule has 6 heterocycles. The van der Waals surface area contributed by atoms with Crippen LogP contribution >= 0.6 is 0 Å². The fraction of sp³-hybridized carbons (Fsp3) is 0.350. The van der Waals surface area contributed by atoms with E-state index in [-0.39, 0.29) is 29.9 Å². The van der Waals surface area contributed by atoms with Gasteiger partial charge in [-0.05, 0) is 110 Å². The molecule has 0 saturated carbocycles. The molecule has 8 nitrogen and oxygen atoms in total. The molecule has 0 radical (unpaired) electrons. The zero-order valence-corrected chi connectivity index (χ0v) is 27.9. The number of benzene rings is 4. The first kappa shape index (κ1) is 30.1. The number of halogens is 2. The van der Waals surface area contributed by atoms with Crippen LogP contribution in [0.2, 0.25) is 0 Å². The van der Waals surface area contributed by atoms with Crippen LogP contribution in [-0.4, -0.2) is 33.0 Å². The SMILES string of the molecule is Fc1cc(N2[C@@H](c3ccc4nc([C@@H]5CCCN5)[nH]c4c3)CC[C@H]2c2ccc3nc([C@@H]4CCCN4)[nH]c3c2)cc(F)c1N1Cc2ccccc2C1. The summed E-state index contributed by atoms with van der Waals surface area (Å²) in [6.45, 7) is 2.99. The highest BCUT2D eigenvalue weighted by atomic mass is 19.1. The van der Waals surface area contributed by atoms with Crippen molar-refractivity contribution in [3.8, 4) is 0 Å². The Labute approximate surface area is 289 Å². The first-order valence-electron chi connectivity index (χ1n) is 18.1. The number of hydrogen-bond acceptors (Lipinski definition) is 6. The fourth-order valence-electron chi connectivity index (χ4n) is 8.99. The van der Waals surface area contributed by atoms with Gasteiger partial charge in [-0.3, -0.25) is 0 Å². The molecule has 3 saturated heterocycles. The third-order valence-electron chi connectivity index (χ3n) is 11.4. The van der Waals surface area contributed by atoms with E-state index in [1.165, 1.54) is 0 Å². The predicted molar refractivity (Wildman–Crippen MR) is 192 cm³/mol. The lowest BCUT2D eigenvalue weighted by Gasteiger charge is -2.34. The molecule has 4 aliphatic rings. The maximum absolute atomic E-state index is 16.3. The number of aromatic nitrogens is 4. The Morgan fingerprint density at radius 2 is 1.14 bits per heavy atom. The van der Waals surface area contributed by atoms with E-state index in [1.807, 2.05) is 29.2 Å². The molecule has 0 amide bonds. The predicted octanol–water partition coefficient (Wildman–Crippen LogP) is 8.17. The maximum atomic E-state index is 16.3. The zero-order valence-electron chi connectivity index (χ0n) is 27.9. The van der Waals surface area contributed by atoms with Crippen LogP contribution in [0.15, 0.2) is 72.8 Å². The summed E-state index contributed by atoms with van der Waals surface area (Å²) < 4.78 is 32.5. The third kappa shape index (κ3) is 5.07. The number of nitrogens with one attached hydrogen (secondary N) is 4. The largest absolute Gasteiger partial charge is 0.358 e. The van der Waals surface area contributed by atoms with Gasteiger partial charge in [0.1, 0.15) is 17.3 Å². The van der Waals surface area contributed by atoms with Crippen molar-refractivity contribution in [2.45, 2.75) is 75.8 Å². The molecule has 6 aromatic rings. The van der Waals surface area contributed by atoms with Gasteiger partial charge in [0.2, 0.25) is 0 Å². The number of aromatic amines is 2. The summed E-state index contributed by atoms with van der Waals surface area (Å²) in [4.78, 5) is 21.0. The van der Waals surface area contributed by atoms with Crippen LogP contribution in [0.1, 0.15) is 96.6 Å². The van der Waals surface area contributed by atoms with Crippen LogP contribution in [0.5, 0.6) is 0 Å². The highest BCUT2D eigenvalue weighted by Gasteiger charge is 2.37. The minimum atomic E-state index is -0.535. The molecule has 0 spiro atoms. The van der Waals surface area contributed by atoms with Gasteiger partial charge in [-0.15, -0.1) is 0 Å². The van der Waals surface area contributed by atoms with Gasteiger partial charge in [0.25, 0.3) is 0 Å². The highest BCUT2D eigenvalue weighted by molar-refractivity contribution is 5.78. The Bertz CT molecular complexity index is 2080. The van der Waals surface area contributed by atoms with E-state index >= 15 is 8.78 Å². The number of imidazole rings is 2. The van der Waals surface area contributed by atoms with Crippen molar-refractivity contribution >= 4 is 33.4 Å². The van der Waals surface area contributed by atoms with E-state index in [2.05, 4.69) is 61.9 Å². The van der Waals surface area contributed by atoms with E-state index in [0.29, 0.717) is 18.8 Å². The molecule has 0 aliphatic carbocycles. The Kier molecular flexibility index (Phi) is 7.16. The average molecular weight is 671 g/mol. The van der Waals surface area contributed by atoms with Crippen molar-refractivity contribution < 1.29 is 8.78 Å². The number of anilines is 2. The number of fused-ring (bicyclic) bond motifs is 3. The Morgan fingerprint density at radius 1 is 0.620 bits per heavy atom. The molecule has 50 heavy (non-hydrogen) atoms. The van der Waals surface area contributed by atoms with Crippen LogP contribution in [0, 0.1) is 11.6 Å². The molecule has 4 aromatic carbocycles. The van der Waals surface area contributed by atoms with Crippen molar-refractivity contribution in [1.29, 1.82) is 0 Å². The van der Waals surface area contributed by atoms with E-state index in [4.69, 9.17) is 9.97 Å². The molecular formula is C40H40F2N8. The average Bonchev–Trinajstić information content (AvgIpc) is 3.96. The van der Waals surface area contributed by atoms with Gasteiger partial charge in [0.05, 0.1) is 46.2 Å². The summed E-state index contributed by atoms with van der Waals surface area (Å²) in [6, 6.07) is 24.2. The second-order valence-corrected chi connectivity index (χ2v) is 14.5. The first-order chi connectivity index (χ1) is 24.6. The highest BCUT2D eigenvalue weighted by Crippen LogP contribution is 2.49. The lowest BCUT2D eigenvalue weighted by atomic mass is 10.0. The van der Waals surface area contributed by atoms with E-state index in [1.54, 1.807) is 12.1 Å². The molecule has 4 N–H and O–H groups in total. The van der Waals surface area contributed by atoms with Crippen LogP contribution < -0.4 is 20.4 Å². The van der Waals surface area contributed by atoms with E-state index < -0.39 is 11.6 Å². The van der Waals surface area contributed by atoms with E-state index in [9.17, 15) is 0 Å². The Hall–Kier alpha value is -4.80. The van der Waals surface area contributed by atoms with E-state index in [0.717, 1.165) is 108 Å². The number of nitrogens with zero attached hydrogens (tertiary/aromatic N) is 4. The molecule has 4 aliphatic heterocycles. The van der Waals surface area contributed by atoms with Gasteiger partial charge in [-0.1, -0.05) is 36.4 Å². The fourth-order valence-corrected chi connectivity index (χ4v) is 8.99. The van der Waals surface area contributed by atoms with Crippen molar-refractivity contribution in [3.63, 3.8) is 0 Å². The quantitative estimate of drug-likeness (QED) is 0.143. The van der Waals surface area contributed by atoms with Crippen LogP contribution in [0.3, 0.4) is 0 Å². The zero-order chi connectivity index (χ0) is 33.3. The molecule has 4 atom stereocenters. The number of rotatable bonds is 6. The summed E-state index contributed by atoms with van der Waals surface area (Å²) in [5, 5.41) is 7.08. The molecule has 254 valence electrons. The second kappa shape index (κ2) is 11.9. The van der Waals surface area contributed by atoms with Crippen molar-refractivity contribution in [2.24, 2.45) is 0 Å². The molecule has 0 bridgehead atoms.